The van der Waals surface area contributed by atoms with Crippen molar-refractivity contribution in [3.8, 4) is 0 Å². The first-order valence-electron chi connectivity index (χ1n) is 9.88. The van der Waals surface area contributed by atoms with Gasteiger partial charge in [-0.3, -0.25) is 15.6 Å². The average molecular weight is 438 g/mol. The molecule has 0 bridgehead atoms. The third kappa shape index (κ3) is 4.46. The number of rotatable bonds is 6. The number of hydrazine groups is 1. The van der Waals surface area contributed by atoms with Crippen LogP contribution >= 0.6 is 0 Å². The van der Waals surface area contributed by atoms with E-state index >= 15 is 0 Å². The van der Waals surface area contributed by atoms with Crippen molar-refractivity contribution >= 4 is 32.4 Å². The molecule has 0 radical (unpaired) electrons. The van der Waals surface area contributed by atoms with Crippen molar-refractivity contribution in [1.82, 2.24) is 15.2 Å². The number of benzene rings is 3. The van der Waals surface area contributed by atoms with Gasteiger partial charge in [-0.1, -0.05) is 55.1 Å². The van der Waals surface area contributed by atoms with E-state index in [1.807, 2.05) is 42.5 Å². The van der Waals surface area contributed by atoms with Gasteiger partial charge in [0.05, 0.1) is 23.8 Å². The first-order chi connectivity index (χ1) is 15.0. The maximum absolute atomic E-state index is 12.8. The summed E-state index contributed by atoms with van der Waals surface area (Å²) in [4.78, 5) is 12.7. The summed E-state index contributed by atoms with van der Waals surface area (Å²) in [6, 6.07) is 19.7. The first-order valence-corrected chi connectivity index (χ1v) is 11.3. The quantitative estimate of drug-likeness (QED) is 0.579. The number of sulfonamides is 1. The molecule has 1 saturated heterocycles. The van der Waals surface area contributed by atoms with Crippen LogP contribution in [0.15, 0.2) is 78.2 Å². The molecule has 3 aromatic rings. The predicted molar refractivity (Wildman–Crippen MR) is 120 cm³/mol. The fourth-order valence-electron chi connectivity index (χ4n) is 3.49. The van der Waals surface area contributed by atoms with Crippen molar-refractivity contribution in [3.63, 3.8) is 0 Å². The topological polar surface area (TPSA) is 87.7 Å². The Morgan fingerprint density at radius 1 is 0.935 bits per heavy atom. The van der Waals surface area contributed by atoms with Crippen LogP contribution in [0.2, 0.25) is 0 Å². The van der Waals surface area contributed by atoms with Gasteiger partial charge in [0.1, 0.15) is 0 Å². The largest absolute Gasteiger partial charge is 0.379 e. The van der Waals surface area contributed by atoms with Crippen molar-refractivity contribution in [3.05, 3.63) is 84.4 Å². The van der Waals surface area contributed by atoms with Crippen LogP contribution in [0.25, 0.3) is 16.5 Å². The lowest BCUT2D eigenvalue weighted by molar-refractivity contribution is 0.0730. The van der Waals surface area contributed by atoms with Crippen molar-refractivity contribution in [1.29, 1.82) is 0 Å². The number of amides is 1. The molecule has 1 aliphatic rings. The zero-order valence-corrected chi connectivity index (χ0v) is 17.7. The van der Waals surface area contributed by atoms with E-state index in [0.29, 0.717) is 32.0 Å². The number of nitrogens with one attached hydrogen (secondary N) is 2. The van der Waals surface area contributed by atoms with Gasteiger partial charge in [0.25, 0.3) is 5.91 Å². The molecule has 3 aromatic carbocycles. The highest BCUT2D eigenvalue weighted by atomic mass is 32.2. The molecular formula is C23H23N3O4S. The van der Waals surface area contributed by atoms with Gasteiger partial charge in [0.2, 0.25) is 10.0 Å². The number of carbonyl (C=O) groups excluding carboxylic acids is 1. The van der Waals surface area contributed by atoms with Gasteiger partial charge < -0.3 is 4.74 Å². The molecule has 0 aliphatic carbocycles. The maximum atomic E-state index is 12.8. The molecule has 0 atom stereocenters. The summed E-state index contributed by atoms with van der Waals surface area (Å²) in [5.41, 5.74) is 7.07. The van der Waals surface area contributed by atoms with Gasteiger partial charge in [-0.05, 0) is 29.0 Å². The van der Waals surface area contributed by atoms with Crippen LogP contribution in [0.1, 0.15) is 15.9 Å². The van der Waals surface area contributed by atoms with Crippen molar-refractivity contribution in [2.45, 2.75) is 4.90 Å². The normalized spacial score (nSPS) is 14.8. The van der Waals surface area contributed by atoms with Crippen molar-refractivity contribution < 1.29 is 17.9 Å². The maximum Gasteiger partial charge on any atom is 0.269 e. The van der Waals surface area contributed by atoms with Crippen LogP contribution in [-0.2, 0) is 14.8 Å². The molecule has 1 aliphatic heterocycles. The van der Waals surface area contributed by atoms with Gasteiger partial charge in [-0.25, -0.2) is 8.42 Å². The third-order valence-electron chi connectivity index (χ3n) is 5.15. The molecular weight excluding hydrogens is 414 g/mol. The van der Waals surface area contributed by atoms with Gasteiger partial charge in [-0.2, -0.15) is 4.31 Å². The molecule has 0 saturated carbocycles. The number of nitrogens with zero attached hydrogens (tertiary/aromatic N) is 1. The highest BCUT2D eigenvalue weighted by Gasteiger charge is 2.26. The second kappa shape index (κ2) is 8.89. The van der Waals surface area contributed by atoms with E-state index in [2.05, 4.69) is 17.4 Å². The van der Waals surface area contributed by atoms with E-state index in [1.165, 1.54) is 16.4 Å². The van der Waals surface area contributed by atoms with Crippen LogP contribution in [0.3, 0.4) is 0 Å². The summed E-state index contributed by atoms with van der Waals surface area (Å²) in [6.45, 7) is 5.33. The standard InChI is InChI=1S/C23H23N3O4S/c1-17(21-11-5-7-18-6-2-3-10-22(18)21)24-25-23(27)19-8-4-9-20(16-19)31(28,29)26-12-14-30-15-13-26/h2-11,16,24H,1,12-15H2,(H,25,27). The molecule has 8 heteroatoms. The van der Waals surface area contributed by atoms with E-state index in [1.54, 1.807) is 12.1 Å². The highest BCUT2D eigenvalue weighted by molar-refractivity contribution is 7.89. The molecule has 4 rings (SSSR count). The minimum absolute atomic E-state index is 0.0786. The third-order valence-corrected chi connectivity index (χ3v) is 7.04. The SMILES string of the molecule is C=C(NNC(=O)c1cccc(S(=O)(=O)N2CCOCC2)c1)c1cccc2ccccc12. The Bertz CT molecular complexity index is 1230. The van der Waals surface area contributed by atoms with E-state index in [4.69, 9.17) is 4.74 Å². The Kier molecular flexibility index (Phi) is 6.03. The molecule has 7 nitrogen and oxygen atoms in total. The first kappa shape index (κ1) is 21.0. The fourth-order valence-corrected chi connectivity index (χ4v) is 4.95. The number of carbonyl (C=O) groups is 1. The minimum Gasteiger partial charge on any atom is -0.379 e. The monoisotopic (exact) mass is 437 g/mol. The summed E-state index contributed by atoms with van der Waals surface area (Å²) in [6.07, 6.45) is 0. The predicted octanol–water partition coefficient (Wildman–Crippen LogP) is 2.77. The molecule has 1 fully saturated rings. The van der Waals surface area contributed by atoms with E-state index in [0.717, 1.165) is 16.3 Å². The molecule has 31 heavy (non-hydrogen) atoms. The number of hydrogen-bond acceptors (Lipinski definition) is 5. The smallest absolute Gasteiger partial charge is 0.269 e. The number of morpholine rings is 1. The Labute approximate surface area is 181 Å². The van der Waals surface area contributed by atoms with Gasteiger partial charge >= 0.3 is 0 Å². The van der Waals surface area contributed by atoms with Crippen molar-refractivity contribution in [2.75, 3.05) is 26.3 Å². The Balaban J connectivity index is 1.48. The Morgan fingerprint density at radius 3 is 2.45 bits per heavy atom. The number of hydrogen-bond donors (Lipinski definition) is 2. The van der Waals surface area contributed by atoms with Crippen LogP contribution in [0.4, 0.5) is 0 Å². The van der Waals surface area contributed by atoms with Crippen LogP contribution in [0.5, 0.6) is 0 Å². The summed E-state index contributed by atoms with van der Waals surface area (Å²) in [5, 5.41) is 2.07. The van der Waals surface area contributed by atoms with Gasteiger partial charge in [-0.15, -0.1) is 0 Å². The molecule has 1 heterocycles. The summed E-state index contributed by atoms with van der Waals surface area (Å²) < 4.78 is 32.3. The zero-order valence-electron chi connectivity index (χ0n) is 16.9. The fraction of sp³-hybridized carbons (Fsp3) is 0.174. The molecule has 0 spiro atoms. The lowest BCUT2D eigenvalue weighted by Crippen LogP contribution is -2.40. The van der Waals surface area contributed by atoms with Crippen LogP contribution in [-0.4, -0.2) is 44.9 Å². The Hall–Kier alpha value is -3.20. The van der Waals surface area contributed by atoms with E-state index in [-0.39, 0.29) is 10.5 Å². The van der Waals surface area contributed by atoms with E-state index < -0.39 is 15.9 Å². The molecule has 160 valence electrons. The number of ether oxygens (including phenoxy) is 1. The molecule has 2 N–H and O–H groups in total. The Morgan fingerprint density at radius 2 is 1.65 bits per heavy atom. The van der Waals surface area contributed by atoms with Gasteiger partial charge in [0.15, 0.2) is 0 Å². The molecule has 0 unspecified atom stereocenters. The average Bonchev–Trinajstić information content (AvgIpc) is 2.82. The zero-order chi connectivity index (χ0) is 21.8. The minimum atomic E-state index is -3.68. The lowest BCUT2D eigenvalue weighted by Gasteiger charge is -2.26. The van der Waals surface area contributed by atoms with Crippen LogP contribution in [0, 0.1) is 0 Å². The van der Waals surface area contributed by atoms with Gasteiger partial charge in [0, 0.05) is 24.2 Å². The summed E-state index contributed by atoms with van der Waals surface area (Å²) >= 11 is 0. The second-order valence-corrected chi connectivity index (χ2v) is 9.07. The van der Waals surface area contributed by atoms with Crippen molar-refractivity contribution in [2.24, 2.45) is 0 Å². The van der Waals surface area contributed by atoms with E-state index in [9.17, 15) is 13.2 Å². The summed E-state index contributed by atoms with van der Waals surface area (Å²) in [7, 11) is -3.68. The summed E-state index contributed by atoms with van der Waals surface area (Å²) in [5.74, 6) is -0.458. The number of fused-ring (bicyclic) bond motifs is 1. The van der Waals surface area contributed by atoms with Crippen LogP contribution < -0.4 is 10.9 Å². The second-order valence-electron chi connectivity index (χ2n) is 7.13. The molecule has 1 amide bonds. The molecule has 0 aromatic heterocycles. The lowest BCUT2D eigenvalue weighted by atomic mass is 10.0. The highest BCUT2D eigenvalue weighted by Crippen LogP contribution is 2.22.